The van der Waals surface area contributed by atoms with Crippen molar-refractivity contribution >= 4 is 0 Å². The zero-order chi connectivity index (χ0) is 13.1. The van der Waals surface area contributed by atoms with Crippen molar-refractivity contribution in [2.75, 3.05) is 20.3 Å². The summed E-state index contributed by atoms with van der Waals surface area (Å²) in [5, 5.41) is 3.51. The second-order valence-corrected chi connectivity index (χ2v) is 5.66. The van der Waals surface area contributed by atoms with Crippen LogP contribution in [0, 0.1) is 0 Å². The number of aryl methyl sites for hydroxylation is 2. The SMILES string of the molecule is COCC(CNC1CC1)Oc1ccc2c(c1)CCC2. The first-order chi connectivity index (χ1) is 9.35. The molecular weight excluding hydrogens is 238 g/mol. The van der Waals surface area contributed by atoms with Crippen LogP contribution in [-0.4, -0.2) is 32.4 Å². The van der Waals surface area contributed by atoms with Gasteiger partial charge in [-0.2, -0.15) is 0 Å². The molecule has 2 aliphatic carbocycles. The van der Waals surface area contributed by atoms with E-state index >= 15 is 0 Å². The first kappa shape index (κ1) is 12.9. The molecule has 0 amide bonds. The first-order valence-electron chi connectivity index (χ1n) is 7.36. The van der Waals surface area contributed by atoms with Crippen LogP contribution < -0.4 is 10.1 Å². The van der Waals surface area contributed by atoms with Crippen LogP contribution in [0.5, 0.6) is 5.75 Å². The Morgan fingerprint density at radius 2 is 2.11 bits per heavy atom. The molecule has 1 fully saturated rings. The van der Waals surface area contributed by atoms with E-state index in [4.69, 9.17) is 9.47 Å². The van der Waals surface area contributed by atoms with E-state index in [0.717, 1.165) is 12.3 Å². The standard InChI is InChI=1S/C16H23NO2/c1-18-11-16(10-17-14-6-7-14)19-15-8-5-12-3-2-4-13(12)9-15/h5,8-9,14,16-17H,2-4,6-7,10-11H2,1H3. The summed E-state index contributed by atoms with van der Waals surface area (Å²) in [6.07, 6.45) is 6.41. The third kappa shape index (κ3) is 3.48. The first-order valence-corrected chi connectivity index (χ1v) is 7.36. The molecule has 3 heteroatoms. The molecule has 19 heavy (non-hydrogen) atoms. The molecule has 1 aromatic rings. The fourth-order valence-corrected chi connectivity index (χ4v) is 2.72. The highest BCUT2D eigenvalue weighted by Crippen LogP contribution is 2.26. The van der Waals surface area contributed by atoms with Gasteiger partial charge < -0.3 is 14.8 Å². The molecule has 0 saturated heterocycles. The Hall–Kier alpha value is -1.06. The van der Waals surface area contributed by atoms with Gasteiger partial charge in [-0.3, -0.25) is 0 Å². The van der Waals surface area contributed by atoms with Crippen LogP contribution in [0.2, 0.25) is 0 Å². The predicted molar refractivity (Wildman–Crippen MR) is 75.8 cm³/mol. The van der Waals surface area contributed by atoms with Crippen LogP contribution in [0.15, 0.2) is 18.2 Å². The van der Waals surface area contributed by atoms with E-state index in [9.17, 15) is 0 Å². The summed E-state index contributed by atoms with van der Waals surface area (Å²) in [6, 6.07) is 7.24. The number of hydrogen-bond acceptors (Lipinski definition) is 3. The topological polar surface area (TPSA) is 30.5 Å². The van der Waals surface area contributed by atoms with Crippen LogP contribution >= 0.6 is 0 Å². The van der Waals surface area contributed by atoms with Gasteiger partial charge in [-0.15, -0.1) is 0 Å². The maximum Gasteiger partial charge on any atom is 0.134 e. The maximum atomic E-state index is 6.07. The third-order valence-electron chi connectivity index (χ3n) is 3.94. The minimum absolute atomic E-state index is 0.102. The highest BCUT2D eigenvalue weighted by atomic mass is 16.5. The molecule has 0 bridgehead atoms. The van der Waals surface area contributed by atoms with Gasteiger partial charge in [-0.1, -0.05) is 6.07 Å². The van der Waals surface area contributed by atoms with Crippen molar-refractivity contribution in [3.05, 3.63) is 29.3 Å². The van der Waals surface area contributed by atoms with E-state index in [1.54, 1.807) is 7.11 Å². The van der Waals surface area contributed by atoms with Crippen LogP contribution in [-0.2, 0) is 17.6 Å². The minimum atomic E-state index is 0.102. The fraction of sp³-hybridized carbons (Fsp3) is 0.625. The van der Waals surface area contributed by atoms with E-state index in [1.807, 2.05) is 0 Å². The predicted octanol–water partition coefficient (Wildman–Crippen LogP) is 2.32. The monoisotopic (exact) mass is 261 g/mol. The largest absolute Gasteiger partial charge is 0.487 e. The molecule has 0 spiro atoms. The zero-order valence-electron chi connectivity index (χ0n) is 11.7. The van der Waals surface area contributed by atoms with E-state index in [2.05, 4.69) is 23.5 Å². The lowest BCUT2D eigenvalue weighted by atomic mass is 10.1. The molecule has 1 unspecified atom stereocenters. The van der Waals surface area contributed by atoms with Crippen molar-refractivity contribution in [2.45, 2.75) is 44.2 Å². The Balaban J connectivity index is 1.59. The Morgan fingerprint density at radius 1 is 1.26 bits per heavy atom. The third-order valence-corrected chi connectivity index (χ3v) is 3.94. The smallest absolute Gasteiger partial charge is 0.134 e. The Bertz CT molecular complexity index is 429. The lowest BCUT2D eigenvalue weighted by Gasteiger charge is -2.19. The van der Waals surface area contributed by atoms with E-state index in [-0.39, 0.29) is 6.10 Å². The van der Waals surface area contributed by atoms with Crippen LogP contribution in [0.25, 0.3) is 0 Å². The van der Waals surface area contributed by atoms with Crippen molar-refractivity contribution in [3.63, 3.8) is 0 Å². The molecular formula is C16H23NO2. The quantitative estimate of drug-likeness (QED) is 0.817. The molecule has 0 aliphatic heterocycles. The summed E-state index contributed by atoms with van der Waals surface area (Å²) in [7, 11) is 1.73. The van der Waals surface area contributed by atoms with Crippen LogP contribution in [0.3, 0.4) is 0 Å². The molecule has 3 nitrogen and oxygen atoms in total. The van der Waals surface area contributed by atoms with Gasteiger partial charge in [0.25, 0.3) is 0 Å². The van der Waals surface area contributed by atoms with Gasteiger partial charge in [0.1, 0.15) is 11.9 Å². The summed E-state index contributed by atoms with van der Waals surface area (Å²) in [5.74, 6) is 0.986. The number of methoxy groups -OCH3 is 1. The lowest BCUT2D eigenvalue weighted by Crippen LogP contribution is -2.35. The number of hydrogen-bond donors (Lipinski definition) is 1. The van der Waals surface area contributed by atoms with Gasteiger partial charge in [0, 0.05) is 19.7 Å². The zero-order valence-corrected chi connectivity index (χ0v) is 11.7. The molecule has 0 heterocycles. The Morgan fingerprint density at radius 3 is 2.89 bits per heavy atom. The van der Waals surface area contributed by atoms with Gasteiger partial charge in [0.05, 0.1) is 6.61 Å². The summed E-state index contributed by atoms with van der Waals surface area (Å²) in [5.41, 5.74) is 2.95. The van der Waals surface area contributed by atoms with E-state index < -0.39 is 0 Å². The molecule has 3 rings (SSSR count). The molecule has 1 atom stereocenters. The van der Waals surface area contributed by atoms with E-state index in [1.165, 1.54) is 43.2 Å². The van der Waals surface area contributed by atoms with Crippen LogP contribution in [0.4, 0.5) is 0 Å². The minimum Gasteiger partial charge on any atom is -0.487 e. The molecule has 0 aromatic heterocycles. The van der Waals surface area contributed by atoms with Gasteiger partial charge >= 0.3 is 0 Å². The highest BCUT2D eigenvalue weighted by molar-refractivity contribution is 5.38. The summed E-state index contributed by atoms with van der Waals surface area (Å²) in [4.78, 5) is 0. The van der Waals surface area contributed by atoms with Gasteiger partial charge in [-0.25, -0.2) is 0 Å². The fourth-order valence-electron chi connectivity index (χ4n) is 2.72. The number of fused-ring (bicyclic) bond motifs is 1. The number of nitrogens with one attached hydrogen (secondary N) is 1. The van der Waals surface area contributed by atoms with Crippen molar-refractivity contribution < 1.29 is 9.47 Å². The van der Waals surface area contributed by atoms with Crippen molar-refractivity contribution in [2.24, 2.45) is 0 Å². The molecule has 2 aliphatic rings. The summed E-state index contributed by atoms with van der Waals surface area (Å²) < 4.78 is 11.3. The van der Waals surface area contributed by atoms with Gasteiger partial charge in [0.2, 0.25) is 0 Å². The average molecular weight is 261 g/mol. The Kier molecular flexibility index (Phi) is 4.04. The normalized spacial score (nSPS) is 19.2. The number of rotatable bonds is 7. The maximum absolute atomic E-state index is 6.07. The van der Waals surface area contributed by atoms with Crippen molar-refractivity contribution in [3.8, 4) is 5.75 Å². The van der Waals surface area contributed by atoms with Crippen molar-refractivity contribution in [1.82, 2.24) is 5.32 Å². The summed E-state index contributed by atoms with van der Waals surface area (Å²) in [6.45, 7) is 1.51. The molecule has 0 radical (unpaired) electrons. The van der Waals surface area contributed by atoms with Crippen molar-refractivity contribution in [1.29, 1.82) is 0 Å². The van der Waals surface area contributed by atoms with E-state index in [0.29, 0.717) is 12.6 Å². The molecule has 1 N–H and O–H groups in total. The molecule has 1 saturated carbocycles. The van der Waals surface area contributed by atoms with Gasteiger partial charge in [-0.05, 0) is 55.4 Å². The van der Waals surface area contributed by atoms with Crippen LogP contribution in [0.1, 0.15) is 30.4 Å². The molecule has 104 valence electrons. The Labute approximate surface area is 115 Å². The number of ether oxygens (including phenoxy) is 2. The second-order valence-electron chi connectivity index (χ2n) is 5.66. The second kappa shape index (κ2) is 5.93. The average Bonchev–Trinajstić information content (AvgIpc) is 3.13. The molecule has 1 aromatic carbocycles. The number of benzene rings is 1. The highest BCUT2D eigenvalue weighted by Gasteiger charge is 2.22. The summed E-state index contributed by atoms with van der Waals surface area (Å²) >= 11 is 0. The lowest BCUT2D eigenvalue weighted by molar-refractivity contribution is 0.0803. The van der Waals surface area contributed by atoms with Gasteiger partial charge in [0.15, 0.2) is 0 Å².